The van der Waals surface area contributed by atoms with E-state index in [2.05, 4.69) is 63.3 Å². The van der Waals surface area contributed by atoms with Crippen molar-refractivity contribution in [1.29, 1.82) is 0 Å². The lowest BCUT2D eigenvalue weighted by atomic mass is 9.39. The summed E-state index contributed by atoms with van der Waals surface area (Å²) >= 11 is 0. The number of rotatable bonds is 7. The van der Waals surface area contributed by atoms with Crippen LogP contribution in [0.4, 0.5) is 0 Å². The van der Waals surface area contributed by atoms with E-state index in [0.29, 0.717) is 42.1 Å². The molecule has 2 aliphatic heterocycles. The van der Waals surface area contributed by atoms with E-state index in [4.69, 9.17) is 4.74 Å². The molecule has 1 saturated heterocycles. The number of aromatic nitrogens is 1. The zero-order chi connectivity index (χ0) is 34.2. The van der Waals surface area contributed by atoms with Crippen molar-refractivity contribution in [3.05, 3.63) is 53.1 Å². The number of benzene rings is 2. The van der Waals surface area contributed by atoms with Gasteiger partial charge in [-0.05, 0) is 106 Å². The summed E-state index contributed by atoms with van der Waals surface area (Å²) in [7, 11) is 6.42. The van der Waals surface area contributed by atoms with Crippen molar-refractivity contribution < 1.29 is 18.5 Å². The van der Waals surface area contributed by atoms with Crippen LogP contribution >= 0.6 is 0 Å². The molecule has 4 aliphatic carbocycles. The number of methoxy groups -OCH3 is 1. The highest BCUT2D eigenvalue weighted by molar-refractivity contribution is 7.96. The van der Waals surface area contributed by atoms with Gasteiger partial charge in [-0.15, -0.1) is 0 Å². The van der Waals surface area contributed by atoms with Crippen LogP contribution in [-0.4, -0.2) is 94.0 Å². The molecule has 4 saturated carbocycles. The third-order valence-corrected chi connectivity index (χ3v) is 15.4. The Hall–Kier alpha value is -3.34. The maximum atomic E-state index is 15.1. The predicted octanol–water partition coefficient (Wildman–Crippen LogP) is 5.38. The molecule has 10 heteroatoms. The van der Waals surface area contributed by atoms with E-state index in [1.165, 1.54) is 52.4 Å². The molecule has 5 fully saturated rings. The van der Waals surface area contributed by atoms with Crippen LogP contribution in [0, 0.1) is 10.8 Å². The van der Waals surface area contributed by atoms with Crippen LogP contribution in [0.2, 0.25) is 0 Å². The van der Waals surface area contributed by atoms with E-state index in [9.17, 15) is 9.00 Å². The predicted molar refractivity (Wildman–Crippen MR) is 194 cm³/mol. The lowest BCUT2D eigenvalue weighted by Gasteiger charge is -2.80. The quantitative estimate of drug-likeness (QED) is 0.338. The minimum Gasteiger partial charge on any atom is -0.497 e. The van der Waals surface area contributed by atoms with E-state index < -0.39 is 21.2 Å². The molecule has 7 unspecified atom stereocenters. The van der Waals surface area contributed by atoms with Gasteiger partial charge in [0.25, 0.3) is 5.91 Å². The third kappa shape index (κ3) is 4.17. The topological polar surface area (TPSA) is 87.1 Å². The molecule has 1 aromatic heterocycles. The second-order valence-electron chi connectivity index (χ2n) is 16.3. The number of hydrogen-bond acceptors (Lipinski definition) is 5. The molecule has 2 amide bonds. The molecule has 3 aromatic rings. The molecule has 0 bridgehead atoms. The molecule has 260 valence electrons. The van der Waals surface area contributed by atoms with Crippen molar-refractivity contribution in [1.82, 2.24) is 23.4 Å². The number of likely N-dealkylation sites (tertiary alicyclic amines) is 1. The van der Waals surface area contributed by atoms with Gasteiger partial charge in [0.2, 0.25) is 5.91 Å². The van der Waals surface area contributed by atoms with E-state index in [-0.39, 0.29) is 11.3 Å². The Morgan fingerprint density at radius 1 is 1.02 bits per heavy atom. The number of nitrogens with zero attached hydrogens (tertiary/aromatic N) is 4. The van der Waals surface area contributed by atoms with Crippen LogP contribution in [0.5, 0.6) is 5.75 Å². The second kappa shape index (κ2) is 10.6. The lowest BCUT2D eigenvalue weighted by Crippen LogP contribution is -2.89. The van der Waals surface area contributed by atoms with Crippen molar-refractivity contribution in [2.75, 3.05) is 35.3 Å². The van der Waals surface area contributed by atoms with Gasteiger partial charge in [-0.1, -0.05) is 25.3 Å². The molecule has 9 nitrogen and oxygen atoms in total. The number of carbonyl (C=O) groups excluding carboxylic acids is 2. The van der Waals surface area contributed by atoms with Gasteiger partial charge >= 0.3 is 0 Å². The fraction of sp³-hybridized carbons (Fsp3) is 0.564. The largest absolute Gasteiger partial charge is 0.497 e. The fourth-order valence-electron chi connectivity index (χ4n) is 11.0. The van der Waals surface area contributed by atoms with Crippen molar-refractivity contribution >= 4 is 38.5 Å². The number of hydrogen-bond donors (Lipinski definition) is 1. The lowest BCUT2D eigenvalue weighted by molar-refractivity contribution is -0.290. The summed E-state index contributed by atoms with van der Waals surface area (Å²) in [4.78, 5) is 33.4. The third-order valence-electron chi connectivity index (χ3n) is 13.7. The average Bonchev–Trinajstić information content (AvgIpc) is 3.72. The molecule has 6 aliphatic rings. The zero-order valence-corrected chi connectivity index (χ0v) is 30.3. The standard InChI is InChI=1S/C39H49N5O4S/c1-41(2)32-20-33-39(32)17-16-31(39)44(33)37(46)38-21-29(38)28-19-25(48-5)13-15-26(28)35-34(23-10-8-7-9-11-23)27-14-12-24(18-30(27)43(35)22-38)36(45)40-49(6,47)42(3)4/h12-15,18-19,23,29,31-33H,6-11,16-17,20-22H2,1-5H3,(H,40,45,47). The summed E-state index contributed by atoms with van der Waals surface area (Å²) in [6.07, 6.45) is 10.1. The first kappa shape index (κ1) is 31.6. The Labute approximate surface area is 290 Å². The highest BCUT2D eigenvalue weighted by Crippen LogP contribution is 2.73. The smallest absolute Gasteiger partial charge is 0.263 e. The van der Waals surface area contributed by atoms with Gasteiger partial charge < -0.3 is 19.1 Å². The molecule has 0 radical (unpaired) electrons. The Morgan fingerprint density at radius 2 is 1.80 bits per heavy atom. The maximum absolute atomic E-state index is 15.1. The van der Waals surface area contributed by atoms with Gasteiger partial charge in [-0.25, -0.2) is 8.51 Å². The molecule has 9 rings (SSSR count). The molecule has 1 spiro atoms. The molecule has 1 N–H and O–H groups in total. The maximum Gasteiger partial charge on any atom is 0.263 e. The summed E-state index contributed by atoms with van der Waals surface area (Å²) in [5.41, 5.74) is 6.11. The molecule has 3 heterocycles. The first-order valence-electron chi connectivity index (χ1n) is 18.1. The van der Waals surface area contributed by atoms with Crippen molar-refractivity contribution in [3.63, 3.8) is 0 Å². The zero-order valence-electron chi connectivity index (χ0n) is 29.5. The normalized spacial score (nSPS) is 32.3. The Balaban J connectivity index is 1.20. The number of ether oxygens (including phenoxy) is 1. The van der Waals surface area contributed by atoms with Crippen LogP contribution in [0.1, 0.15) is 91.1 Å². The molecular formula is C39H49N5O4S. The van der Waals surface area contributed by atoms with Crippen LogP contribution in [0.3, 0.4) is 0 Å². The van der Waals surface area contributed by atoms with E-state index in [1.54, 1.807) is 21.2 Å². The summed E-state index contributed by atoms with van der Waals surface area (Å²) in [5, 5.41) is 1.15. The number of amides is 2. The van der Waals surface area contributed by atoms with Crippen molar-refractivity contribution in [2.45, 2.75) is 94.3 Å². The number of carbonyl (C=O) groups is 2. The first-order chi connectivity index (χ1) is 23.4. The summed E-state index contributed by atoms with van der Waals surface area (Å²) in [5.74, 6) is 5.01. The van der Waals surface area contributed by atoms with Gasteiger partial charge in [-0.3, -0.25) is 14.3 Å². The van der Waals surface area contributed by atoms with Gasteiger partial charge in [0.05, 0.1) is 18.2 Å². The van der Waals surface area contributed by atoms with Crippen LogP contribution in [-0.2, 0) is 21.2 Å². The molecule has 7 atom stereocenters. The van der Waals surface area contributed by atoms with Crippen LogP contribution < -0.4 is 9.46 Å². The van der Waals surface area contributed by atoms with Crippen molar-refractivity contribution in [2.24, 2.45) is 10.8 Å². The van der Waals surface area contributed by atoms with Gasteiger partial charge in [0.1, 0.15) is 15.6 Å². The van der Waals surface area contributed by atoms with Crippen molar-refractivity contribution in [3.8, 4) is 17.0 Å². The van der Waals surface area contributed by atoms with Gasteiger partial charge in [0, 0.05) is 72.1 Å². The Kier molecular flexibility index (Phi) is 6.84. The van der Waals surface area contributed by atoms with E-state index in [1.807, 2.05) is 12.1 Å². The van der Waals surface area contributed by atoms with Crippen LogP contribution in [0.15, 0.2) is 36.4 Å². The number of piperidine rings is 2. The monoisotopic (exact) mass is 683 g/mol. The highest BCUT2D eigenvalue weighted by Gasteiger charge is 2.79. The fourth-order valence-corrected chi connectivity index (χ4v) is 11.5. The summed E-state index contributed by atoms with van der Waals surface area (Å²) in [6, 6.07) is 13.6. The number of nitrogens with one attached hydrogen (secondary N) is 1. The van der Waals surface area contributed by atoms with Crippen LogP contribution in [0.25, 0.3) is 22.2 Å². The summed E-state index contributed by atoms with van der Waals surface area (Å²) in [6.45, 7) is 0.584. The molecule has 2 aromatic carbocycles. The average molecular weight is 684 g/mol. The minimum atomic E-state index is -2.97. The summed E-state index contributed by atoms with van der Waals surface area (Å²) < 4.78 is 25.3. The first-order valence-corrected chi connectivity index (χ1v) is 19.8. The Morgan fingerprint density at radius 3 is 2.45 bits per heavy atom. The second-order valence-corrected chi connectivity index (χ2v) is 18.5. The molecule has 49 heavy (non-hydrogen) atoms. The van der Waals surface area contributed by atoms with E-state index >= 15 is 4.79 Å². The number of fused-ring (bicyclic) bond motifs is 7. The van der Waals surface area contributed by atoms with Gasteiger partial charge in [0.15, 0.2) is 0 Å². The molecular weight excluding hydrogens is 635 g/mol. The van der Waals surface area contributed by atoms with E-state index in [0.717, 1.165) is 48.8 Å². The Bertz CT molecular complexity index is 2020. The SMILES string of the molecule is C=S(=O)(NC(=O)c1ccc2c(C3CCCCC3)c3n(c2c1)CC1(C(=O)N2C4CCC45C(N(C)C)CC25)CC1c1cc(OC)ccc1-3)N(C)C. The highest BCUT2D eigenvalue weighted by atomic mass is 32.2. The minimum absolute atomic E-state index is 0.112. The van der Waals surface area contributed by atoms with Gasteiger partial charge in [-0.2, -0.15) is 0 Å².